The van der Waals surface area contributed by atoms with Crippen molar-refractivity contribution >= 4 is 38.5 Å². The molecule has 0 spiro atoms. The van der Waals surface area contributed by atoms with Gasteiger partial charge in [-0.15, -0.1) is 0 Å². The van der Waals surface area contributed by atoms with E-state index < -0.39 is 5.91 Å². The Morgan fingerprint density at radius 1 is 1.03 bits per heavy atom. The summed E-state index contributed by atoms with van der Waals surface area (Å²) < 4.78 is 2.32. The Hall–Kier alpha value is -3.59. The Balaban J connectivity index is 1.84. The highest BCUT2D eigenvalue weighted by Crippen LogP contribution is 2.34. The van der Waals surface area contributed by atoms with Gasteiger partial charge in [0.1, 0.15) is 0 Å². The van der Waals surface area contributed by atoms with Crippen molar-refractivity contribution in [2.75, 3.05) is 0 Å². The van der Waals surface area contributed by atoms with E-state index in [1.54, 1.807) is 0 Å². The second-order valence-corrected chi connectivity index (χ2v) is 8.25. The van der Waals surface area contributed by atoms with Crippen LogP contribution in [-0.2, 0) is 13.0 Å². The van der Waals surface area contributed by atoms with Gasteiger partial charge >= 0.3 is 0 Å². The molecular formula is C28H25N2O. The molecule has 0 aliphatic heterocycles. The highest BCUT2D eigenvalue weighted by Gasteiger charge is 2.18. The zero-order valence-corrected chi connectivity index (χ0v) is 17.9. The molecule has 0 saturated carbocycles. The molecule has 0 atom stereocenters. The molecule has 1 amide bonds. The van der Waals surface area contributed by atoms with E-state index in [2.05, 4.69) is 79.1 Å². The van der Waals surface area contributed by atoms with Crippen molar-refractivity contribution in [1.82, 2.24) is 4.57 Å². The van der Waals surface area contributed by atoms with E-state index in [1.165, 1.54) is 27.5 Å². The van der Waals surface area contributed by atoms with Crippen LogP contribution in [0.3, 0.4) is 0 Å². The highest BCUT2D eigenvalue weighted by atomic mass is 16.1. The molecule has 0 saturated heterocycles. The molecule has 0 bridgehead atoms. The number of hydrogen-bond acceptors (Lipinski definition) is 1. The summed E-state index contributed by atoms with van der Waals surface area (Å²) in [6.07, 6.45) is 2.08. The summed E-state index contributed by atoms with van der Waals surface area (Å²) in [6, 6.07) is 26.5. The number of benzene rings is 4. The number of carbonyl (C=O) groups is 1. The van der Waals surface area contributed by atoms with Gasteiger partial charge < -0.3 is 10.3 Å². The minimum absolute atomic E-state index is 0.406. The lowest BCUT2D eigenvalue weighted by molar-refractivity contribution is 0.100. The Morgan fingerprint density at radius 3 is 2.68 bits per heavy atom. The third-order valence-corrected chi connectivity index (χ3v) is 6.25. The number of hydrogen-bond donors (Lipinski definition) is 1. The molecule has 5 aromatic rings. The molecule has 0 unspecified atom stereocenters. The van der Waals surface area contributed by atoms with Crippen molar-refractivity contribution in [3.63, 3.8) is 0 Å². The normalized spacial score (nSPS) is 11.5. The first kappa shape index (κ1) is 19.4. The summed E-state index contributed by atoms with van der Waals surface area (Å²) in [5.74, 6) is -0.406. The summed E-state index contributed by atoms with van der Waals surface area (Å²) in [5, 5.41) is 4.35. The van der Waals surface area contributed by atoms with Gasteiger partial charge in [-0.2, -0.15) is 0 Å². The molecule has 0 fully saturated rings. The molecule has 1 heterocycles. The van der Waals surface area contributed by atoms with Crippen LogP contribution in [0.2, 0.25) is 0 Å². The smallest absolute Gasteiger partial charge is 0.249 e. The van der Waals surface area contributed by atoms with E-state index in [4.69, 9.17) is 5.73 Å². The van der Waals surface area contributed by atoms with E-state index in [0.717, 1.165) is 41.2 Å². The quantitative estimate of drug-likeness (QED) is 0.374. The lowest BCUT2D eigenvalue weighted by Gasteiger charge is -2.14. The van der Waals surface area contributed by atoms with Gasteiger partial charge in [0.15, 0.2) is 0 Å². The number of aromatic nitrogens is 1. The monoisotopic (exact) mass is 405 g/mol. The maximum Gasteiger partial charge on any atom is 0.249 e. The van der Waals surface area contributed by atoms with Crippen LogP contribution in [0, 0.1) is 13.0 Å². The summed E-state index contributed by atoms with van der Waals surface area (Å²) in [6.45, 7) is 5.07. The largest absolute Gasteiger partial charge is 0.366 e. The lowest BCUT2D eigenvalue weighted by atomic mass is 9.99. The molecule has 2 N–H and O–H groups in total. The zero-order chi connectivity index (χ0) is 21.5. The van der Waals surface area contributed by atoms with Crippen LogP contribution in [0.25, 0.3) is 32.6 Å². The average Bonchev–Trinajstić information content (AvgIpc) is 3.09. The molecular weight excluding hydrogens is 380 g/mol. The second-order valence-electron chi connectivity index (χ2n) is 8.25. The molecule has 153 valence electrons. The van der Waals surface area contributed by atoms with E-state index in [9.17, 15) is 4.79 Å². The predicted molar refractivity (Wildman–Crippen MR) is 129 cm³/mol. The Morgan fingerprint density at radius 2 is 1.87 bits per heavy atom. The number of nitrogens with two attached hydrogens (primary N) is 1. The minimum atomic E-state index is -0.406. The summed E-state index contributed by atoms with van der Waals surface area (Å²) in [7, 11) is 0. The summed E-state index contributed by atoms with van der Waals surface area (Å²) in [5.41, 5.74) is 12.2. The summed E-state index contributed by atoms with van der Waals surface area (Å²) >= 11 is 0. The maximum absolute atomic E-state index is 12.2. The zero-order valence-electron chi connectivity index (χ0n) is 17.9. The van der Waals surface area contributed by atoms with Gasteiger partial charge in [0.05, 0.1) is 11.0 Å². The minimum Gasteiger partial charge on any atom is -0.366 e. The lowest BCUT2D eigenvalue weighted by Crippen LogP contribution is -2.11. The van der Waals surface area contributed by atoms with Crippen molar-refractivity contribution in [2.24, 2.45) is 5.73 Å². The third-order valence-electron chi connectivity index (χ3n) is 6.25. The molecule has 0 aliphatic rings. The van der Waals surface area contributed by atoms with Crippen LogP contribution >= 0.6 is 0 Å². The number of rotatable bonds is 5. The number of carbonyl (C=O) groups excluding carboxylic acids is 1. The summed E-state index contributed by atoms with van der Waals surface area (Å²) in [4.78, 5) is 12.2. The number of primary amides is 1. The molecule has 3 heteroatoms. The second kappa shape index (κ2) is 7.59. The first-order valence-electron chi connectivity index (χ1n) is 10.8. The van der Waals surface area contributed by atoms with E-state index >= 15 is 0 Å². The highest BCUT2D eigenvalue weighted by molar-refractivity contribution is 6.17. The fourth-order valence-electron chi connectivity index (χ4n) is 4.72. The van der Waals surface area contributed by atoms with Crippen molar-refractivity contribution in [2.45, 2.75) is 33.2 Å². The topological polar surface area (TPSA) is 48.0 Å². The Bertz CT molecular complexity index is 1460. The van der Waals surface area contributed by atoms with Crippen LogP contribution in [0.5, 0.6) is 0 Å². The molecule has 4 aromatic carbocycles. The molecule has 1 radical (unpaired) electrons. The van der Waals surface area contributed by atoms with Gasteiger partial charge in [-0.1, -0.05) is 61.9 Å². The van der Waals surface area contributed by atoms with Crippen molar-refractivity contribution < 1.29 is 4.79 Å². The Labute approximate surface area is 182 Å². The number of amides is 1. The molecule has 31 heavy (non-hydrogen) atoms. The molecule has 0 aliphatic carbocycles. The number of nitrogens with zero attached hydrogens (tertiary/aromatic N) is 1. The van der Waals surface area contributed by atoms with Gasteiger partial charge in [-0.3, -0.25) is 4.79 Å². The van der Waals surface area contributed by atoms with Crippen LogP contribution in [0.4, 0.5) is 0 Å². The molecule has 3 nitrogen and oxygen atoms in total. The SMILES string of the molecule is CCCc1c[c]c2c3c(C(N)=O)cccc3n(Cc3c(C)ccc4ccccc34)c2c1. The first-order valence-corrected chi connectivity index (χ1v) is 10.8. The van der Waals surface area contributed by atoms with Crippen LogP contribution in [0.15, 0.2) is 66.7 Å². The van der Waals surface area contributed by atoms with Gasteiger partial charge in [0.2, 0.25) is 5.91 Å². The predicted octanol–water partition coefficient (Wildman–Crippen LogP) is 6.16. The first-order chi connectivity index (χ1) is 15.1. The third kappa shape index (κ3) is 3.17. The number of aryl methyl sites for hydroxylation is 2. The van der Waals surface area contributed by atoms with E-state index in [0.29, 0.717) is 5.56 Å². The fraction of sp³-hybridized carbons (Fsp3) is 0.179. The standard InChI is InChI=1S/C28H25N2O/c1-3-7-19-13-15-22-26(16-19)30(25-11-6-10-23(27(22)25)28(29)31)17-24-18(2)12-14-20-8-4-5-9-21(20)24/h4-6,8-14,16H,3,7,17H2,1-2H3,(H2,29,31). The average molecular weight is 406 g/mol. The van der Waals surface area contributed by atoms with Crippen LogP contribution in [-0.4, -0.2) is 10.5 Å². The van der Waals surface area contributed by atoms with Crippen molar-refractivity contribution in [3.05, 3.63) is 95.1 Å². The Kier molecular flexibility index (Phi) is 4.74. The molecule has 5 rings (SSSR count). The van der Waals surface area contributed by atoms with E-state index in [1.807, 2.05) is 12.1 Å². The van der Waals surface area contributed by atoms with Crippen LogP contribution in [0.1, 0.15) is 40.4 Å². The van der Waals surface area contributed by atoms with Gasteiger partial charge in [-0.05, 0) is 65.1 Å². The van der Waals surface area contributed by atoms with Gasteiger partial charge in [0, 0.05) is 22.9 Å². The van der Waals surface area contributed by atoms with Crippen LogP contribution < -0.4 is 5.73 Å². The maximum atomic E-state index is 12.2. The van der Waals surface area contributed by atoms with Crippen molar-refractivity contribution in [1.29, 1.82) is 0 Å². The van der Waals surface area contributed by atoms with Crippen molar-refractivity contribution in [3.8, 4) is 0 Å². The van der Waals surface area contributed by atoms with Gasteiger partial charge in [0.25, 0.3) is 0 Å². The number of fused-ring (bicyclic) bond motifs is 4. The van der Waals surface area contributed by atoms with E-state index in [-0.39, 0.29) is 0 Å². The molecule has 1 aromatic heterocycles. The van der Waals surface area contributed by atoms with Gasteiger partial charge in [-0.25, -0.2) is 0 Å². The fourth-order valence-corrected chi connectivity index (χ4v) is 4.72.